The number of benzene rings is 3. The molecule has 2 saturated carbocycles. The molecule has 0 atom stereocenters. The molecular weight excluding hydrogens is 641 g/mol. The van der Waals surface area contributed by atoms with E-state index in [1.54, 1.807) is 31.5 Å². The molecule has 2 aliphatic carbocycles. The smallest absolute Gasteiger partial charge is 0.240 e. The van der Waals surface area contributed by atoms with Gasteiger partial charge in [0.25, 0.3) is 0 Å². The number of aromatic nitrogens is 1. The maximum Gasteiger partial charge on any atom is 0.240 e. The number of hydrogen-bond donors (Lipinski definition) is 3. The Hall–Kier alpha value is -4.88. The lowest BCUT2D eigenvalue weighted by atomic mass is 10.0. The molecule has 1 saturated heterocycles. The number of anilines is 2. The molecule has 256 valence electrons. The molecule has 0 bridgehead atoms. The number of carbonyl (C=O) groups excluding carboxylic acids is 2. The number of hydrogen-bond acceptors (Lipinski definition) is 8. The summed E-state index contributed by atoms with van der Waals surface area (Å²) in [5.74, 6) is -2.76. The topological polar surface area (TPSA) is 120 Å². The van der Waals surface area contributed by atoms with Crippen LogP contribution in [0.15, 0.2) is 60.8 Å². The van der Waals surface area contributed by atoms with Gasteiger partial charge in [0.1, 0.15) is 29.3 Å². The fraction of sp³-hybridized carbons (Fsp3) is 0.361. The van der Waals surface area contributed by atoms with Crippen molar-refractivity contribution in [3.8, 4) is 23.0 Å². The first-order valence-corrected chi connectivity index (χ1v) is 16.2. The number of nitrogens with zero attached hydrogens (tertiary/aromatic N) is 1. The third kappa shape index (κ3) is 6.99. The van der Waals surface area contributed by atoms with Gasteiger partial charge in [-0.1, -0.05) is 0 Å². The number of methoxy groups -OCH3 is 1. The Kier molecular flexibility index (Phi) is 8.80. The number of carbonyl (C=O) groups is 2. The number of pyridine rings is 1. The molecule has 4 aromatic rings. The van der Waals surface area contributed by atoms with Crippen LogP contribution in [0.2, 0.25) is 0 Å². The quantitative estimate of drug-likeness (QED) is 0.146. The average Bonchev–Trinajstić information content (AvgIpc) is 4.04. The molecule has 3 aromatic carbocycles. The maximum absolute atomic E-state index is 15.2. The third-order valence-electron chi connectivity index (χ3n) is 9.29. The Morgan fingerprint density at radius 1 is 0.857 bits per heavy atom. The van der Waals surface area contributed by atoms with Crippen LogP contribution in [0.4, 0.5) is 24.5 Å². The molecule has 49 heavy (non-hydrogen) atoms. The van der Waals surface area contributed by atoms with Crippen LogP contribution in [0.5, 0.6) is 23.0 Å². The van der Waals surface area contributed by atoms with Crippen molar-refractivity contribution in [1.29, 1.82) is 0 Å². The molecular formula is C36H35F3N4O6. The van der Waals surface area contributed by atoms with Gasteiger partial charge in [-0.25, -0.2) is 13.2 Å². The highest BCUT2D eigenvalue weighted by molar-refractivity contribution is 6.17. The number of rotatable bonds is 12. The van der Waals surface area contributed by atoms with Crippen LogP contribution in [0.3, 0.4) is 0 Å². The second kappa shape index (κ2) is 13.2. The fourth-order valence-electron chi connectivity index (χ4n) is 6.00. The average molecular weight is 677 g/mol. The van der Waals surface area contributed by atoms with Gasteiger partial charge in [-0.15, -0.1) is 0 Å². The Labute approximate surface area is 280 Å². The maximum atomic E-state index is 15.2. The molecule has 7 rings (SSSR count). The van der Waals surface area contributed by atoms with Crippen molar-refractivity contribution in [2.24, 2.45) is 5.41 Å². The van der Waals surface area contributed by atoms with E-state index in [4.69, 9.17) is 18.9 Å². The van der Waals surface area contributed by atoms with E-state index >= 15 is 4.39 Å². The Morgan fingerprint density at radius 3 is 2.33 bits per heavy atom. The normalized spacial score (nSPS) is 17.6. The van der Waals surface area contributed by atoms with Gasteiger partial charge in [-0.3, -0.25) is 14.6 Å². The highest BCUT2D eigenvalue weighted by Crippen LogP contribution is 2.48. The lowest BCUT2D eigenvalue weighted by molar-refractivity contribution is -0.131. The molecule has 0 unspecified atom stereocenters. The zero-order chi connectivity index (χ0) is 34.2. The summed E-state index contributed by atoms with van der Waals surface area (Å²) in [6.45, 7) is 2.02. The second-order valence-corrected chi connectivity index (χ2v) is 12.8. The summed E-state index contributed by atoms with van der Waals surface area (Å²) in [7, 11) is 1.55. The summed E-state index contributed by atoms with van der Waals surface area (Å²) in [5.41, 5.74) is -1.06. The summed E-state index contributed by atoms with van der Waals surface area (Å²) < 4.78 is 65.5. The Morgan fingerprint density at radius 2 is 1.63 bits per heavy atom. The summed E-state index contributed by atoms with van der Waals surface area (Å²) in [6.07, 6.45) is 6.05. The summed E-state index contributed by atoms with van der Waals surface area (Å²) in [6, 6.07) is 12.5. The highest BCUT2D eigenvalue weighted by atomic mass is 19.2. The number of nitrogens with one attached hydrogen (secondary N) is 3. The van der Waals surface area contributed by atoms with Gasteiger partial charge < -0.3 is 34.9 Å². The fourth-order valence-corrected chi connectivity index (χ4v) is 6.00. The molecule has 10 nitrogen and oxygen atoms in total. The second-order valence-electron chi connectivity index (χ2n) is 12.8. The molecule has 0 spiro atoms. The minimum atomic E-state index is -1.45. The van der Waals surface area contributed by atoms with Gasteiger partial charge in [0.15, 0.2) is 23.1 Å². The van der Waals surface area contributed by atoms with E-state index in [1.807, 2.05) is 0 Å². The van der Waals surface area contributed by atoms with Crippen LogP contribution < -0.4 is 30.2 Å². The molecule has 2 amide bonds. The molecule has 3 aliphatic rings. The van der Waals surface area contributed by atoms with Crippen molar-refractivity contribution in [3.63, 3.8) is 0 Å². The largest absolute Gasteiger partial charge is 0.493 e. The van der Waals surface area contributed by atoms with Crippen molar-refractivity contribution in [3.05, 3.63) is 78.2 Å². The van der Waals surface area contributed by atoms with E-state index in [9.17, 15) is 18.4 Å². The van der Waals surface area contributed by atoms with Gasteiger partial charge in [0, 0.05) is 54.7 Å². The SMILES string of the molecule is COc1cc2c(Oc3ccc(NC(=O)C4(C(=O)Nc5ccc(F)c(F)c5)CC4)c(F)c3)ccnc2cc1OCC1(NC2CCOCC2)CC1. The highest BCUT2D eigenvalue weighted by Gasteiger charge is 2.56. The van der Waals surface area contributed by atoms with Crippen LogP contribution in [-0.2, 0) is 14.3 Å². The molecule has 3 fully saturated rings. The summed E-state index contributed by atoms with van der Waals surface area (Å²) >= 11 is 0. The van der Waals surface area contributed by atoms with Crippen LogP contribution in [0.1, 0.15) is 38.5 Å². The molecule has 2 heterocycles. The van der Waals surface area contributed by atoms with E-state index in [0.29, 0.717) is 40.8 Å². The van der Waals surface area contributed by atoms with E-state index in [0.717, 1.165) is 57.1 Å². The van der Waals surface area contributed by atoms with Crippen molar-refractivity contribution in [1.82, 2.24) is 10.3 Å². The summed E-state index contributed by atoms with van der Waals surface area (Å²) in [4.78, 5) is 30.4. The van der Waals surface area contributed by atoms with Crippen LogP contribution in [0, 0.1) is 22.9 Å². The number of ether oxygens (including phenoxy) is 4. The first kappa shape index (κ1) is 32.7. The van der Waals surface area contributed by atoms with Gasteiger partial charge >= 0.3 is 0 Å². The van der Waals surface area contributed by atoms with Gasteiger partial charge in [0.2, 0.25) is 11.8 Å². The number of fused-ring (bicyclic) bond motifs is 1. The van der Waals surface area contributed by atoms with E-state index in [1.165, 1.54) is 18.2 Å². The van der Waals surface area contributed by atoms with Gasteiger partial charge in [0.05, 0.1) is 23.9 Å². The zero-order valence-corrected chi connectivity index (χ0v) is 26.7. The lowest BCUT2D eigenvalue weighted by Gasteiger charge is -2.28. The summed E-state index contributed by atoms with van der Waals surface area (Å²) in [5, 5.41) is 9.29. The monoisotopic (exact) mass is 676 g/mol. The molecule has 1 aliphatic heterocycles. The van der Waals surface area contributed by atoms with Crippen LogP contribution >= 0.6 is 0 Å². The molecule has 3 N–H and O–H groups in total. The lowest BCUT2D eigenvalue weighted by Crippen LogP contribution is -2.46. The predicted octanol–water partition coefficient (Wildman–Crippen LogP) is 6.49. The Bertz CT molecular complexity index is 1910. The van der Waals surface area contributed by atoms with E-state index in [-0.39, 0.29) is 35.5 Å². The predicted molar refractivity (Wildman–Crippen MR) is 174 cm³/mol. The standard InChI is InChI=1S/C36H35F3N4O6/c1-46-31-18-24-29(19-32(31)48-20-35(9-10-35)43-21-7-14-47-15-8-21)40-13-6-30(24)49-23-3-5-28(27(39)17-23)42-34(45)36(11-12-36)33(44)41-22-2-4-25(37)26(38)16-22/h2-6,13,16-19,21,43H,7-12,14-15,20H2,1H3,(H,41,44)(H,42,45). The third-order valence-corrected chi connectivity index (χ3v) is 9.29. The Balaban J connectivity index is 1.01. The van der Waals surface area contributed by atoms with Crippen molar-refractivity contribution in [2.75, 3.05) is 37.6 Å². The zero-order valence-electron chi connectivity index (χ0n) is 26.7. The number of halogens is 3. The molecule has 0 radical (unpaired) electrons. The minimum Gasteiger partial charge on any atom is -0.493 e. The van der Waals surface area contributed by atoms with Crippen molar-refractivity contribution in [2.45, 2.75) is 50.1 Å². The first-order valence-electron chi connectivity index (χ1n) is 16.2. The number of amides is 2. The van der Waals surface area contributed by atoms with Crippen molar-refractivity contribution < 1.29 is 41.7 Å². The molecule has 1 aromatic heterocycles. The first-order chi connectivity index (χ1) is 23.7. The minimum absolute atomic E-state index is 0.00530. The molecule has 13 heteroatoms. The van der Waals surface area contributed by atoms with Crippen LogP contribution in [0.25, 0.3) is 10.9 Å². The van der Waals surface area contributed by atoms with Crippen LogP contribution in [-0.4, -0.2) is 55.3 Å². The van der Waals surface area contributed by atoms with Gasteiger partial charge in [-0.05, 0) is 74.9 Å². The van der Waals surface area contributed by atoms with Crippen molar-refractivity contribution >= 4 is 34.1 Å². The van der Waals surface area contributed by atoms with Gasteiger partial charge in [-0.2, -0.15) is 0 Å². The van der Waals surface area contributed by atoms with E-state index < -0.39 is 34.7 Å². The van der Waals surface area contributed by atoms with E-state index in [2.05, 4.69) is 20.9 Å².